The fourth-order valence-electron chi connectivity index (χ4n) is 3.57. The van der Waals surface area contributed by atoms with Gasteiger partial charge in [0.15, 0.2) is 0 Å². The molecule has 2 saturated carbocycles. The number of allylic oxidation sites excluding steroid dienone is 1. The zero-order chi connectivity index (χ0) is 14.4. The Morgan fingerprint density at radius 1 is 0.850 bits per heavy atom. The Bertz CT molecular complexity index is 376. The molecular formula is C19H32Sn. The van der Waals surface area contributed by atoms with Crippen molar-refractivity contribution in [3.05, 3.63) is 9.67 Å². The molecule has 0 atom stereocenters. The van der Waals surface area contributed by atoms with Crippen molar-refractivity contribution >= 4 is 18.4 Å². The molecule has 0 bridgehead atoms. The van der Waals surface area contributed by atoms with Crippen LogP contribution in [0.3, 0.4) is 0 Å². The molecular weight excluding hydrogens is 347 g/mol. The first kappa shape index (κ1) is 16.5. The summed E-state index contributed by atoms with van der Waals surface area (Å²) in [5, 5.41) is 0. The topological polar surface area (TPSA) is 0 Å². The molecule has 0 amide bonds. The Balaban J connectivity index is 2.09. The Labute approximate surface area is 130 Å². The molecule has 2 aliphatic rings. The van der Waals surface area contributed by atoms with Gasteiger partial charge in [0.05, 0.1) is 0 Å². The van der Waals surface area contributed by atoms with Crippen molar-refractivity contribution < 1.29 is 0 Å². The van der Waals surface area contributed by atoms with Crippen molar-refractivity contribution in [2.75, 3.05) is 0 Å². The first-order valence-corrected chi connectivity index (χ1v) is 19.0. The van der Waals surface area contributed by atoms with Crippen LogP contribution in [0.5, 0.6) is 0 Å². The van der Waals surface area contributed by atoms with Crippen LogP contribution in [0.15, 0.2) is 9.67 Å². The molecule has 0 aromatic rings. The molecule has 0 aromatic carbocycles. The molecule has 0 radical (unpaired) electrons. The molecule has 0 aromatic heterocycles. The van der Waals surface area contributed by atoms with E-state index in [2.05, 4.69) is 30.8 Å². The van der Waals surface area contributed by atoms with Gasteiger partial charge in [0, 0.05) is 0 Å². The van der Waals surface area contributed by atoms with Gasteiger partial charge in [-0.05, 0) is 0 Å². The van der Waals surface area contributed by atoms with Gasteiger partial charge in [-0.3, -0.25) is 0 Å². The Kier molecular flexibility index (Phi) is 6.52. The van der Waals surface area contributed by atoms with Crippen LogP contribution >= 0.6 is 0 Å². The standard InChI is InChI=1S/C16H23.3CH3.Sn/c1-14(16-10-6-3-7-11-16)12-13-15-8-4-2-5-9-15;;;;/h1,15-16H,2-11H2;3*1H3;. The van der Waals surface area contributed by atoms with Crippen molar-refractivity contribution in [3.8, 4) is 11.8 Å². The Hall–Kier alpha value is 0.0987. The third kappa shape index (κ3) is 5.84. The van der Waals surface area contributed by atoms with E-state index in [0.717, 1.165) is 5.92 Å². The SMILES string of the molecule is [CH3][Sn]([CH3])([CH3])/[CH]=C(\C#CC1CCCCC1)C1CCCCC1. The summed E-state index contributed by atoms with van der Waals surface area (Å²) >= 11 is -1.88. The van der Waals surface area contributed by atoms with Crippen molar-refractivity contribution in [2.24, 2.45) is 11.8 Å². The van der Waals surface area contributed by atoms with Crippen LogP contribution in [-0.4, -0.2) is 18.4 Å². The van der Waals surface area contributed by atoms with Crippen molar-refractivity contribution in [3.63, 3.8) is 0 Å². The van der Waals surface area contributed by atoms with Crippen molar-refractivity contribution in [2.45, 2.75) is 79.0 Å². The van der Waals surface area contributed by atoms with Gasteiger partial charge in [0.2, 0.25) is 0 Å². The van der Waals surface area contributed by atoms with Gasteiger partial charge < -0.3 is 0 Å². The normalized spacial score (nSPS) is 23.2. The van der Waals surface area contributed by atoms with Crippen LogP contribution in [0.1, 0.15) is 64.2 Å². The summed E-state index contributed by atoms with van der Waals surface area (Å²) < 4.78 is 2.67. The molecule has 0 saturated heterocycles. The van der Waals surface area contributed by atoms with E-state index in [0.29, 0.717) is 5.92 Å². The van der Waals surface area contributed by atoms with Crippen LogP contribution in [0.25, 0.3) is 0 Å². The number of hydrogen-bond acceptors (Lipinski definition) is 0. The van der Waals surface area contributed by atoms with E-state index in [-0.39, 0.29) is 0 Å². The number of hydrogen-bond donors (Lipinski definition) is 0. The molecule has 0 spiro atoms. The molecule has 0 aliphatic heterocycles. The average Bonchev–Trinajstić information content (AvgIpc) is 2.44. The zero-order valence-electron chi connectivity index (χ0n) is 13.8. The summed E-state index contributed by atoms with van der Waals surface area (Å²) in [6.07, 6.45) is 14.0. The maximum absolute atomic E-state index is 3.68. The van der Waals surface area contributed by atoms with Crippen LogP contribution in [-0.2, 0) is 0 Å². The minimum atomic E-state index is -1.88. The average molecular weight is 379 g/mol. The molecule has 2 aliphatic carbocycles. The van der Waals surface area contributed by atoms with E-state index in [4.69, 9.17) is 0 Å². The second-order valence-corrected chi connectivity index (χ2v) is 22.2. The minimum absolute atomic E-state index is 0.700. The van der Waals surface area contributed by atoms with Crippen LogP contribution < -0.4 is 0 Å². The van der Waals surface area contributed by atoms with Crippen molar-refractivity contribution in [1.82, 2.24) is 0 Å². The predicted octanol–water partition coefficient (Wildman–Crippen LogP) is 5.95. The summed E-state index contributed by atoms with van der Waals surface area (Å²) in [5.41, 5.74) is 1.55. The predicted molar refractivity (Wildman–Crippen MR) is 92.4 cm³/mol. The van der Waals surface area contributed by atoms with Crippen LogP contribution in [0, 0.1) is 23.7 Å². The maximum atomic E-state index is 3.68. The zero-order valence-corrected chi connectivity index (χ0v) is 16.7. The summed E-state index contributed by atoms with van der Waals surface area (Å²) in [4.78, 5) is 7.54. The number of rotatable bonds is 2. The van der Waals surface area contributed by atoms with Gasteiger partial charge >= 0.3 is 131 Å². The molecule has 0 nitrogen and oxygen atoms in total. The summed E-state index contributed by atoms with van der Waals surface area (Å²) in [6.45, 7) is 0. The second-order valence-electron chi connectivity index (χ2n) is 7.90. The van der Waals surface area contributed by atoms with E-state index in [9.17, 15) is 0 Å². The fraction of sp³-hybridized carbons (Fsp3) is 0.789. The molecule has 2 fully saturated rings. The first-order chi connectivity index (χ1) is 9.54. The van der Waals surface area contributed by atoms with Crippen LogP contribution in [0.2, 0.25) is 14.8 Å². The van der Waals surface area contributed by atoms with E-state index in [1.54, 1.807) is 5.57 Å². The van der Waals surface area contributed by atoms with Gasteiger partial charge in [-0.2, -0.15) is 0 Å². The van der Waals surface area contributed by atoms with Gasteiger partial charge in [-0.25, -0.2) is 0 Å². The molecule has 0 unspecified atom stereocenters. The Morgan fingerprint density at radius 3 is 1.95 bits per heavy atom. The fourth-order valence-corrected chi connectivity index (χ4v) is 7.11. The quantitative estimate of drug-likeness (QED) is 0.411. The third-order valence-corrected chi connectivity index (χ3v) is 8.02. The molecule has 0 heterocycles. The van der Waals surface area contributed by atoms with Crippen LogP contribution in [0.4, 0.5) is 0 Å². The van der Waals surface area contributed by atoms with Gasteiger partial charge in [0.1, 0.15) is 0 Å². The second kappa shape index (κ2) is 7.92. The third-order valence-electron chi connectivity index (χ3n) is 4.66. The molecule has 1 heteroatoms. The first-order valence-electron chi connectivity index (χ1n) is 8.79. The van der Waals surface area contributed by atoms with E-state index in [1.165, 1.54) is 64.2 Å². The monoisotopic (exact) mass is 380 g/mol. The van der Waals surface area contributed by atoms with E-state index < -0.39 is 18.4 Å². The van der Waals surface area contributed by atoms with Gasteiger partial charge in [0.25, 0.3) is 0 Å². The van der Waals surface area contributed by atoms with Crippen molar-refractivity contribution in [1.29, 1.82) is 0 Å². The van der Waals surface area contributed by atoms with E-state index >= 15 is 0 Å². The molecule has 0 N–H and O–H groups in total. The molecule has 2 rings (SSSR count). The Morgan fingerprint density at radius 2 is 1.40 bits per heavy atom. The van der Waals surface area contributed by atoms with E-state index in [1.807, 2.05) is 0 Å². The van der Waals surface area contributed by atoms with Gasteiger partial charge in [-0.15, -0.1) is 0 Å². The summed E-state index contributed by atoms with van der Waals surface area (Å²) in [6, 6.07) is 0. The molecule has 20 heavy (non-hydrogen) atoms. The molecule has 112 valence electrons. The summed E-state index contributed by atoms with van der Waals surface area (Å²) in [7, 11) is 0. The summed E-state index contributed by atoms with van der Waals surface area (Å²) in [5.74, 6) is 8.84. The van der Waals surface area contributed by atoms with Gasteiger partial charge in [-0.1, -0.05) is 0 Å².